The first-order valence-corrected chi connectivity index (χ1v) is 6.22. The van der Waals surface area contributed by atoms with E-state index in [0.29, 0.717) is 6.61 Å². The second kappa shape index (κ2) is 3.22. The predicted molar refractivity (Wildman–Crippen MR) is 71.2 cm³/mol. The van der Waals surface area contributed by atoms with Gasteiger partial charge in [-0.1, -0.05) is 43.0 Å². The third kappa shape index (κ3) is 1.14. The highest BCUT2D eigenvalue weighted by atomic mass is 16.7. The summed E-state index contributed by atoms with van der Waals surface area (Å²) in [5.41, 5.74) is 3.35. The summed E-state index contributed by atoms with van der Waals surface area (Å²) in [6.07, 6.45) is -0.00620. The predicted octanol–water partition coefficient (Wildman–Crippen LogP) is 3.45. The molecule has 2 heteroatoms. The quantitative estimate of drug-likeness (QED) is 0.699. The molecular formula is C16H14O2. The number of hydrogen-bond acceptors (Lipinski definition) is 2. The zero-order chi connectivity index (χ0) is 12.3. The Morgan fingerprint density at radius 2 is 2.06 bits per heavy atom. The van der Waals surface area contributed by atoms with E-state index >= 15 is 0 Å². The lowest BCUT2D eigenvalue weighted by atomic mass is 9.87. The number of benzene rings is 2. The van der Waals surface area contributed by atoms with Gasteiger partial charge in [0.15, 0.2) is 5.79 Å². The average Bonchev–Trinajstić information content (AvgIpc) is 2.76. The van der Waals surface area contributed by atoms with Crippen LogP contribution in [-0.4, -0.2) is 12.7 Å². The molecule has 0 N–H and O–H groups in total. The van der Waals surface area contributed by atoms with Crippen LogP contribution in [0.1, 0.15) is 18.1 Å². The molecule has 2 nitrogen and oxygen atoms in total. The number of ether oxygens (including phenoxy) is 2. The van der Waals surface area contributed by atoms with E-state index < -0.39 is 5.79 Å². The maximum absolute atomic E-state index is 5.95. The van der Waals surface area contributed by atoms with E-state index in [1.54, 1.807) is 0 Å². The fraction of sp³-hybridized carbons (Fsp3) is 0.250. The summed E-state index contributed by atoms with van der Waals surface area (Å²) < 4.78 is 11.8. The minimum absolute atomic E-state index is 0.00620. The zero-order valence-electron chi connectivity index (χ0n) is 10.3. The maximum Gasteiger partial charge on any atom is 0.193 e. The largest absolute Gasteiger partial charge is 0.343 e. The van der Waals surface area contributed by atoms with E-state index in [-0.39, 0.29) is 6.10 Å². The van der Waals surface area contributed by atoms with Crippen LogP contribution in [0.15, 0.2) is 43.0 Å². The van der Waals surface area contributed by atoms with Gasteiger partial charge in [-0.05, 0) is 28.8 Å². The first-order valence-electron chi connectivity index (χ1n) is 6.22. The van der Waals surface area contributed by atoms with Crippen LogP contribution in [0.2, 0.25) is 0 Å². The molecule has 90 valence electrons. The zero-order valence-corrected chi connectivity index (χ0v) is 10.3. The highest BCUT2D eigenvalue weighted by Gasteiger charge is 2.46. The van der Waals surface area contributed by atoms with Gasteiger partial charge in [-0.3, -0.25) is 0 Å². The van der Waals surface area contributed by atoms with E-state index in [0.717, 1.165) is 11.1 Å². The molecule has 0 radical (unpaired) electrons. The third-order valence-corrected chi connectivity index (χ3v) is 4.01. The van der Waals surface area contributed by atoms with Crippen molar-refractivity contribution in [2.24, 2.45) is 0 Å². The average molecular weight is 238 g/mol. The second-order valence-electron chi connectivity index (χ2n) is 5.10. The number of rotatable bonds is 0. The Morgan fingerprint density at radius 3 is 2.94 bits per heavy atom. The molecule has 0 amide bonds. The van der Waals surface area contributed by atoms with E-state index in [2.05, 4.69) is 43.0 Å². The Labute approximate surface area is 106 Å². The van der Waals surface area contributed by atoms with Crippen molar-refractivity contribution in [1.29, 1.82) is 0 Å². The van der Waals surface area contributed by atoms with Gasteiger partial charge in [0.1, 0.15) is 6.10 Å². The third-order valence-electron chi connectivity index (χ3n) is 4.01. The molecule has 2 atom stereocenters. The number of fused-ring (bicyclic) bond motifs is 6. The molecule has 0 saturated carbocycles. The lowest BCUT2D eigenvalue weighted by molar-refractivity contribution is -0.159. The van der Waals surface area contributed by atoms with Crippen molar-refractivity contribution in [3.63, 3.8) is 0 Å². The summed E-state index contributed by atoms with van der Waals surface area (Å²) in [5.74, 6) is -0.606. The fourth-order valence-electron chi connectivity index (χ4n) is 3.04. The smallest absolute Gasteiger partial charge is 0.193 e. The minimum Gasteiger partial charge on any atom is -0.343 e. The molecule has 0 aliphatic carbocycles. The second-order valence-corrected chi connectivity index (χ2v) is 5.10. The van der Waals surface area contributed by atoms with E-state index in [9.17, 15) is 0 Å². The summed E-state index contributed by atoms with van der Waals surface area (Å²) in [7, 11) is 0. The van der Waals surface area contributed by atoms with Gasteiger partial charge in [-0.25, -0.2) is 0 Å². The monoisotopic (exact) mass is 238 g/mol. The molecule has 1 fully saturated rings. The van der Waals surface area contributed by atoms with E-state index in [1.165, 1.54) is 16.3 Å². The van der Waals surface area contributed by atoms with Crippen LogP contribution in [0.4, 0.5) is 0 Å². The van der Waals surface area contributed by atoms with Crippen molar-refractivity contribution in [3.05, 3.63) is 54.1 Å². The van der Waals surface area contributed by atoms with Gasteiger partial charge in [0.25, 0.3) is 0 Å². The van der Waals surface area contributed by atoms with Crippen molar-refractivity contribution in [3.8, 4) is 0 Å². The van der Waals surface area contributed by atoms with Crippen LogP contribution < -0.4 is 0 Å². The summed E-state index contributed by atoms with van der Waals surface area (Å²) in [5, 5.41) is 2.48. The van der Waals surface area contributed by atoms with Gasteiger partial charge in [-0.15, -0.1) is 0 Å². The molecular weight excluding hydrogens is 224 g/mol. The molecule has 2 aliphatic rings. The van der Waals surface area contributed by atoms with Crippen LogP contribution >= 0.6 is 0 Å². The first-order chi connectivity index (χ1) is 8.69. The highest BCUT2D eigenvalue weighted by Crippen LogP contribution is 2.48. The van der Waals surface area contributed by atoms with Crippen LogP contribution in [0.5, 0.6) is 0 Å². The van der Waals surface area contributed by atoms with Gasteiger partial charge in [0, 0.05) is 5.56 Å². The molecule has 2 heterocycles. The van der Waals surface area contributed by atoms with Crippen molar-refractivity contribution in [2.75, 3.05) is 6.61 Å². The molecule has 0 aromatic heterocycles. The summed E-state index contributed by atoms with van der Waals surface area (Å²) in [4.78, 5) is 0. The highest BCUT2D eigenvalue weighted by molar-refractivity contribution is 5.96. The van der Waals surface area contributed by atoms with Gasteiger partial charge < -0.3 is 9.47 Å². The van der Waals surface area contributed by atoms with Crippen LogP contribution in [-0.2, 0) is 15.3 Å². The number of hydrogen-bond donors (Lipinski definition) is 0. The molecule has 18 heavy (non-hydrogen) atoms. The van der Waals surface area contributed by atoms with E-state index in [4.69, 9.17) is 9.47 Å². The van der Waals surface area contributed by atoms with Crippen LogP contribution in [0, 0.1) is 0 Å². The van der Waals surface area contributed by atoms with Crippen LogP contribution in [0.25, 0.3) is 16.3 Å². The molecule has 2 aromatic carbocycles. The van der Waals surface area contributed by atoms with Crippen molar-refractivity contribution >= 4 is 16.3 Å². The van der Waals surface area contributed by atoms with Gasteiger partial charge in [-0.2, -0.15) is 0 Å². The molecule has 2 aromatic rings. The molecule has 2 aliphatic heterocycles. The van der Waals surface area contributed by atoms with Crippen molar-refractivity contribution < 1.29 is 9.47 Å². The lowest BCUT2D eigenvalue weighted by Gasteiger charge is -2.32. The van der Waals surface area contributed by atoms with Crippen LogP contribution in [0.3, 0.4) is 0 Å². The molecule has 1 saturated heterocycles. The molecule has 2 bridgehead atoms. The van der Waals surface area contributed by atoms with Gasteiger partial charge in [0.05, 0.1) is 6.61 Å². The topological polar surface area (TPSA) is 18.5 Å². The standard InChI is InChI=1S/C16H14O2/c1-10-14-9-17-16(2,18-14)13-8-7-11-5-3-4-6-12(11)15(10)13/h3-8,14H,1,9H2,2H3/t14-,16-/m1/s1. The Kier molecular flexibility index (Phi) is 1.84. The summed E-state index contributed by atoms with van der Waals surface area (Å²) >= 11 is 0. The van der Waals surface area contributed by atoms with Crippen molar-refractivity contribution in [2.45, 2.75) is 18.8 Å². The SMILES string of the molecule is C=C1c2c(ccc3ccccc23)[C@]2(C)OC[C@H]1O2. The summed E-state index contributed by atoms with van der Waals surface area (Å²) in [6, 6.07) is 12.6. The summed E-state index contributed by atoms with van der Waals surface area (Å²) in [6.45, 7) is 6.80. The lowest BCUT2D eigenvalue weighted by Crippen LogP contribution is -2.30. The molecule has 4 rings (SSSR count). The van der Waals surface area contributed by atoms with Crippen molar-refractivity contribution in [1.82, 2.24) is 0 Å². The van der Waals surface area contributed by atoms with E-state index in [1.807, 2.05) is 6.92 Å². The minimum atomic E-state index is -0.606. The maximum atomic E-state index is 5.95. The Balaban J connectivity index is 2.13. The van der Waals surface area contributed by atoms with Gasteiger partial charge in [0.2, 0.25) is 0 Å². The molecule has 0 spiro atoms. The Morgan fingerprint density at radius 1 is 1.22 bits per heavy atom. The Hall–Kier alpha value is -1.64. The first kappa shape index (κ1) is 10.3. The fourth-order valence-corrected chi connectivity index (χ4v) is 3.04. The van der Waals surface area contributed by atoms with Gasteiger partial charge >= 0.3 is 0 Å². The Bertz CT molecular complexity index is 674. The molecule has 0 unspecified atom stereocenters. The normalized spacial score (nSPS) is 29.6.